The molecule has 1 unspecified atom stereocenters. The predicted octanol–water partition coefficient (Wildman–Crippen LogP) is 3.44. The zero-order chi connectivity index (χ0) is 19.6. The molecule has 142 valence electrons. The molecule has 1 aliphatic rings. The van der Waals surface area contributed by atoms with Crippen LogP contribution in [-0.2, 0) is 4.74 Å². The first-order chi connectivity index (χ1) is 12.0. The number of benzene rings is 1. The third-order valence-corrected chi connectivity index (χ3v) is 4.78. The fourth-order valence-electron chi connectivity index (χ4n) is 2.73. The summed E-state index contributed by atoms with van der Waals surface area (Å²) in [5.41, 5.74) is -0.508. The van der Waals surface area contributed by atoms with Gasteiger partial charge in [-0.15, -0.1) is 0 Å². The van der Waals surface area contributed by atoms with Gasteiger partial charge in [0.15, 0.2) is 0 Å². The highest BCUT2D eigenvalue weighted by molar-refractivity contribution is 9.10. The van der Waals surface area contributed by atoms with Crippen molar-refractivity contribution >= 4 is 33.6 Å². The number of amides is 2. The van der Waals surface area contributed by atoms with Gasteiger partial charge in [-0.1, -0.05) is 6.07 Å². The molecule has 0 radical (unpaired) electrons. The van der Waals surface area contributed by atoms with E-state index in [-0.39, 0.29) is 27.7 Å². The van der Waals surface area contributed by atoms with Crippen molar-refractivity contribution in [3.05, 3.63) is 38.3 Å². The summed E-state index contributed by atoms with van der Waals surface area (Å²) in [5.74, 6) is -0.309. The van der Waals surface area contributed by atoms with E-state index in [2.05, 4.69) is 15.9 Å². The van der Waals surface area contributed by atoms with E-state index in [9.17, 15) is 19.7 Å². The van der Waals surface area contributed by atoms with Crippen LogP contribution in [-0.4, -0.2) is 58.0 Å². The van der Waals surface area contributed by atoms with E-state index in [1.807, 2.05) is 6.92 Å². The first-order valence-electron chi connectivity index (χ1n) is 8.23. The van der Waals surface area contributed by atoms with Crippen LogP contribution in [0.4, 0.5) is 10.5 Å². The Hall–Kier alpha value is -2.16. The minimum absolute atomic E-state index is 0.156. The van der Waals surface area contributed by atoms with Crippen LogP contribution < -0.4 is 0 Å². The molecule has 1 aliphatic heterocycles. The maximum Gasteiger partial charge on any atom is 0.410 e. The molecular weight excluding hydrogens is 406 g/mol. The monoisotopic (exact) mass is 427 g/mol. The standard InChI is InChI=1S/C17H22BrN3O5/c1-11-10-19(8-9-20(11)16(23)26-17(2,3)4)15(22)12-6-5-7-13(14(12)18)21(24)25/h5-7,11H,8-10H2,1-4H3. The number of piperazine rings is 1. The topological polar surface area (TPSA) is 93.0 Å². The van der Waals surface area contributed by atoms with E-state index in [0.29, 0.717) is 19.6 Å². The molecule has 8 nitrogen and oxygen atoms in total. The Bertz CT molecular complexity index is 732. The lowest BCUT2D eigenvalue weighted by Crippen LogP contribution is -2.56. The number of nitro benzene ring substituents is 1. The van der Waals surface area contributed by atoms with Gasteiger partial charge < -0.3 is 14.5 Å². The number of nitrogens with zero attached hydrogens (tertiary/aromatic N) is 3. The molecule has 2 amide bonds. The van der Waals surface area contributed by atoms with Gasteiger partial charge >= 0.3 is 6.09 Å². The van der Waals surface area contributed by atoms with Crippen LogP contribution in [0.2, 0.25) is 0 Å². The van der Waals surface area contributed by atoms with E-state index in [4.69, 9.17) is 4.74 Å². The quantitative estimate of drug-likeness (QED) is 0.532. The second-order valence-electron chi connectivity index (χ2n) is 7.17. The van der Waals surface area contributed by atoms with Crippen LogP contribution >= 0.6 is 15.9 Å². The van der Waals surface area contributed by atoms with Gasteiger partial charge in [0.1, 0.15) is 10.1 Å². The summed E-state index contributed by atoms with van der Waals surface area (Å²) in [6.45, 7) is 8.24. The van der Waals surface area contributed by atoms with E-state index in [1.54, 1.807) is 36.6 Å². The van der Waals surface area contributed by atoms with Crippen LogP contribution in [0.5, 0.6) is 0 Å². The highest BCUT2D eigenvalue weighted by Crippen LogP contribution is 2.29. The number of rotatable bonds is 2. The van der Waals surface area contributed by atoms with Crippen molar-refractivity contribution in [2.75, 3.05) is 19.6 Å². The SMILES string of the molecule is CC1CN(C(=O)c2cccc([N+](=O)[O-])c2Br)CCN1C(=O)OC(C)(C)C. The van der Waals surface area contributed by atoms with Crippen molar-refractivity contribution in [3.8, 4) is 0 Å². The van der Waals surface area contributed by atoms with Crippen molar-refractivity contribution in [1.29, 1.82) is 0 Å². The van der Waals surface area contributed by atoms with Gasteiger partial charge in [0.05, 0.1) is 10.5 Å². The summed E-state index contributed by atoms with van der Waals surface area (Å²) in [6.07, 6.45) is -0.409. The van der Waals surface area contributed by atoms with Gasteiger partial charge in [-0.3, -0.25) is 14.9 Å². The fourth-order valence-corrected chi connectivity index (χ4v) is 3.31. The summed E-state index contributed by atoms with van der Waals surface area (Å²) >= 11 is 3.16. The first-order valence-corrected chi connectivity index (χ1v) is 9.02. The lowest BCUT2D eigenvalue weighted by atomic mass is 10.1. The predicted molar refractivity (Wildman–Crippen MR) is 99.1 cm³/mol. The molecule has 2 rings (SSSR count). The molecule has 0 aliphatic carbocycles. The Balaban J connectivity index is 2.12. The highest BCUT2D eigenvalue weighted by Gasteiger charge is 2.33. The number of carbonyl (C=O) groups is 2. The Morgan fingerprint density at radius 1 is 1.31 bits per heavy atom. The molecule has 0 bridgehead atoms. The minimum atomic E-state index is -0.586. The van der Waals surface area contributed by atoms with Crippen LogP contribution in [0.15, 0.2) is 22.7 Å². The molecule has 1 aromatic carbocycles. The third kappa shape index (κ3) is 4.51. The van der Waals surface area contributed by atoms with Crippen LogP contribution in [0.3, 0.4) is 0 Å². The number of hydrogen-bond donors (Lipinski definition) is 0. The van der Waals surface area contributed by atoms with E-state index in [1.165, 1.54) is 12.1 Å². The number of nitro groups is 1. The van der Waals surface area contributed by atoms with Crippen molar-refractivity contribution in [1.82, 2.24) is 9.80 Å². The molecule has 26 heavy (non-hydrogen) atoms. The van der Waals surface area contributed by atoms with Crippen LogP contribution in [0.1, 0.15) is 38.1 Å². The molecule has 1 heterocycles. The zero-order valence-corrected chi connectivity index (χ0v) is 16.8. The third-order valence-electron chi connectivity index (χ3n) is 3.95. The molecule has 1 atom stereocenters. The van der Waals surface area contributed by atoms with Gasteiger partial charge in [0.25, 0.3) is 11.6 Å². The molecule has 0 N–H and O–H groups in total. The molecule has 1 saturated heterocycles. The van der Waals surface area contributed by atoms with Gasteiger partial charge in [0, 0.05) is 31.7 Å². The summed E-state index contributed by atoms with van der Waals surface area (Å²) < 4.78 is 5.55. The summed E-state index contributed by atoms with van der Waals surface area (Å²) in [7, 11) is 0. The number of ether oxygens (including phenoxy) is 1. The van der Waals surface area contributed by atoms with E-state index >= 15 is 0 Å². The lowest BCUT2D eigenvalue weighted by molar-refractivity contribution is -0.385. The van der Waals surface area contributed by atoms with Gasteiger partial charge in [0.2, 0.25) is 0 Å². The van der Waals surface area contributed by atoms with E-state index in [0.717, 1.165) is 0 Å². The Labute approximate surface area is 160 Å². The minimum Gasteiger partial charge on any atom is -0.444 e. The maximum absolute atomic E-state index is 12.8. The Morgan fingerprint density at radius 2 is 1.96 bits per heavy atom. The first kappa shape index (κ1) is 20.2. The molecule has 0 spiro atoms. The van der Waals surface area contributed by atoms with Crippen molar-refractivity contribution < 1.29 is 19.2 Å². The van der Waals surface area contributed by atoms with E-state index < -0.39 is 16.6 Å². The van der Waals surface area contributed by atoms with Gasteiger partial charge in [-0.2, -0.15) is 0 Å². The average Bonchev–Trinajstić information content (AvgIpc) is 2.52. The average molecular weight is 428 g/mol. The number of hydrogen-bond acceptors (Lipinski definition) is 5. The molecular formula is C17H22BrN3O5. The Morgan fingerprint density at radius 3 is 2.50 bits per heavy atom. The lowest BCUT2D eigenvalue weighted by Gasteiger charge is -2.40. The van der Waals surface area contributed by atoms with Gasteiger partial charge in [-0.05, 0) is 49.7 Å². The summed E-state index contributed by atoms with van der Waals surface area (Å²) in [5, 5.41) is 11.0. The second kappa shape index (κ2) is 7.61. The normalized spacial score (nSPS) is 17.8. The number of carbonyl (C=O) groups excluding carboxylic acids is 2. The van der Waals surface area contributed by atoms with Crippen LogP contribution in [0.25, 0.3) is 0 Å². The molecule has 0 saturated carbocycles. The highest BCUT2D eigenvalue weighted by atomic mass is 79.9. The summed E-state index contributed by atoms with van der Waals surface area (Å²) in [6, 6.07) is 4.14. The molecule has 0 aromatic heterocycles. The van der Waals surface area contributed by atoms with Gasteiger partial charge in [-0.25, -0.2) is 4.79 Å². The smallest absolute Gasteiger partial charge is 0.410 e. The zero-order valence-electron chi connectivity index (χ0n) is 15.2. The summed E-state index contributed by atoms with van der Waals surface area (Å²) in [4.78, 5) is 38.7. The van der Waals surface area contributed by atoms with Crippen molar-refractivity contribution in [2.24, 2.45) is 0 Å². The van der Waals surface area contributed by atoms with Crippen molar-refractivity contribution in [2.45, 2.75) is 39.3 Å². The molecule has 9 heteroatoms. The largest absolute Gasteiger partial charge is 0.444 e. The second-order valence-corrected chi connectivity index (χ2v) is 7.96. The van der Waals surface area contributed by atoms with Crippen molar-refractivity contribution in [3.63, 3.8) is 0 Å². The molecule has 1 aromatic rings. The fraction of sp³-hybridized carbons (Fsp3) is 0.529. The van der Waals surface area contributed by atoms with Crippen LogP contribution in [0, 0.1) is 10.1 Å². The maximum atomic E-state index is 12.8. The number of halogens is 1. The Kier molecular flexibility index (Phi) is 5.90. The molecule has 1 fully saturated rings.